The first kappa shape index (κ1) is 15.6. The normalized spacial score (nSPS) is 11.8. The van der Waals surface area contributed by atoms with Crippen LogP contribution in [0.25, 0.3) is 0 Å². The van der Waals surface area contributed by atoms with Crippen LogP contribution < -0.4 is 10.1 Å². The number of halogens is 3. The molecule has 110 valence electrons. The Bertz CT molecular complexity index is 647. The molecule has 1 unspecified atom stereocenters. The molecule has 0 aliphatic heterocycles. The van der Waals surface area contributed by atoms with E-state index in [2.05, 4.69) is 5.32 Å². The molecule has 0 aliphatic rings. The zero-order valence-electron chi connectivity index (χ0n) is 11.1. The Morgan fingerprint density at radius 2 is 1.86 bits per heavy atom. The molecule has 0 bridgehead atoms. The number of benzene rings is 2. The Hall–Kier alpha value is -1.78. The van der Waals surface area contributed by atoms with Crippen molar-refractivity contribution in [3.63, 3.8) is 0 Å². The summed E-state index contributed by atoms with van der Waals surface area (Å²) in [5.74, 6) is -0.336. The molecule has 6 heteroatoms. The fourth-order valence-corrected chi connectivity index (χ4v) is 2.05. The minimum atomic E-state index is -0.762. The van der Waals surface area contributed by atoms with Gasteiger partial charge in [-0.3, -0.25) is 4.79 Å². The number of hydrogen-bond acceptors (Lipinski definition) is 2. The molecule has 0 aromatic heterocycles. The molecule has 1 N–H and O–H groups in total. The first-order valence-corrected chi connectivity index (χ1v) is 6.89. The van der Waals surface area contributed by atoms with Crippen LogP contribution in [0, 0.1) is 5.82 Å². The van der Waals surface area contributed by atoms with Crippen LogP contribution in [0.1, 0.15) is 6.92 Å². The number of carbonyl (C=O) groups is 1. The predicted molar refractivity (Wildman–Crippen MR) is 81.6 cm³/mol. The summed E-state index contributed by atoms with van der Waals surface area (Å²) < 4.78 is 18.2. The van der Waals surface area contributed by atoms with Crippen LogP contribution in [-0.4, -0.2) is 12.0 Å². The maximum absolute atomic E-state index is 12.8. The molecule has 21 heavy (non-hydrogen) atoms. The standard InChI is InChI=1S/C15H12Cl2FNO2/c1-9(21-12-5-3-11(18)4-6-12)15(20)19-14-7-2-10(16)8-13(14)17/h2-9H,1H3,(H,19,20). The summed E-state index contributed by atoms with van der Waals surface area (Å²) in [6.45, 7) is 1.59. The average molecular weight is 328 g/mol. The van der Waals surface area contributed by atoms with E-state index in [0.717, 1.165) is 0 Å². The summed E-state index contributed by atoms with van der Waals surface area (Å²) in [5.41, 5.74) is 0.445. The Labute approximate surface area is 131 Å². The van der Waals surface area contributed by atoms with Gasteiger partial charge in [0.25, 0.3) is 5.91 Å². The van der Waals surface area contributed by atoms with Crippen LogP contribution in [0.4, 0.5) is 10.1 Å². The highest BCUT2D eigenvalue weighted by atomic mass is 35.5. The van der Waals surface area contributed by atoms with E-state index in [9.17, 15) is 9.18 Å². The fourth-order valence-electron chi connectivity index (χ4n) is 1.60. The molecule has 0 heterocycles. The zero-order chi connectivity index (χ0) is 15.4. The number of anilines is 1. The van der Waals surface area contributed by atoms with E-state index in [1.165, 1.54) is 30.3 Å². The molecule has 2 rings (SSSR count). The number of hydrogen-bond donors (Lipinski definition) is 1. The number of rotatable bonds is 4. The highest BCUT2D eigenvalue weighted by molar-refractivity contribution is 6.36. The van der Waals surface area contributed by atoms with Crippen LogP contribution in [0.3, 0.4) is 0 Å². The molecule has 0 fully saturated rings. The smallest absolute Gasteiger partial charge is 0.265 e. The van der Waals surface area contributed by atoms with Gasteiger partial charge < -0.3 is 10.1 Å². The maximum Gasteiger partial charge on any atom is 0.265 e. The molecule has 1 amide bonds. The monoisotopic (exact) mass is 327 g/mol. The van der Waals surface area contributed by atoms with Crippen molar-refractivity contribution in [2.75, 3.05) is 5.32 Å². The van der Waals surface area contributed by atoms with E-state index < -0.39 is 6.10 Å². The van der Waals surface area contributed by atoms with Crippen molar-refractivity contribution in [3.05, 3.63) is 58.3 Å². The first-order chi connectivity index (χ1) is 9.95. The van der Waals surface area contributed by atoms with E-state index in [4.69, 9.17) is 27.9 Å². The van der Waals surface area contributed by atoms with E-state index in [0.29, 0.717) is 21.5 Å². The molecule has 2 aromatic rings. The lowest BCUT2D eigenvalue weighted by molar-refractivity contribution is -0.122. The lowest BCUT2D eigenvalue weighted by Gasteiger charge is -2.15. The highest BCUT2D eigenvalue weighted by Gasteiger charge is 2.16. The topological polar surface area (TPSA) is 38.3 Å². The van der Waals surface area contributed by atoms with Gasteiger partial charge in [0.1, 0.15) is 11.6 Å². The molecule has 2 aromatic carbocycles. The molecular weight excluding hydrogens is 316 g/mol. The molecule has 0 aliphatic carbocycles. The van der Waals surface area contributed by atoms with E-state index in [-0.39, 0.29) is 11.7 Å². The van der Waals surface area contributed by atoms with E-state index >= 15 is 0 Å². The Morgan fingerprint density at radius 3 is 2.48 bits per heavy atom. The van der Waals surface area contributed by atoms with Crippen molar-refractivity contribution >= 4 is 34.8 Å². The summed E-state index contributed by atoms with van der Waals surface area (Å²) in [5, 5.41) is 3.46. The van der Waals surface area contributed by atoms with Crippen LogP contribution >= 0.6 is 23.2 Å². The van der Waals surface area contributed by atoms with Crippen molar-refractivity contribution in [1.29, 1.82) is 0 Å². The Morgan fingerprint density at radius 1 is 1.19 bits per heavy atom. The minimum absolute atomic E-state index is 0.338. The van der Waals surface area contributed by atoms with E-state index in [1.807, 2.05) is 0 Å². The third-order valence-corrected chi connectivity index (χ3v) is 3.23. The van der Waals surface area contributed by atoms with Crippen LogP contribution in [-0.2, 0) is 4.79 Å². The molecule has 1 atom stereocenters. The molecular formula is C15H12Cl2FNO2. The summed E-state index contributed by atoms with van der Waals surface area (Å²) in [6.07, 6.45) is -0.762. The van der Waals surface area contributed by atoms with Crippen LogP contribution in [0.2, 0.25) is 10.0 Å². The summed E-state index contributed by atoms with van der Waals surface area (Å²) >= 11 is 11.8. The average Bonchev–Trinajstić information content (AvgIpc) is 2.44. The lowest BCUT2D eigenvalue weighted by Crippen LogP contribution is -2.30. The largest absolute Gasteiger partial charge is 0.481 e. The van der Waals surface area contributed by atoms with Gasteiger partial charge in [0.2, 0.25) is 0 Å². The second-order valence-electron chi connectivity index (χ2n) is 4.33. The van der Waals surface area contributed by atoms with Crippen molar-refractivity contribution < 1.29 is 13.9 Å². The lowest BCUT2D eigenvalue weighted by atomic mass is 10.3. The number of ether oxygens (including phenoxy) is 1. The molecule has 0 radical (unpaired) electrons. The van der Waals surface area contributed by atoms with Gasteiger partial charge in [-0.2, -0.15) is 0 Å². The second-order valence-corrected chi connectivity index (χ2v) is 5.17. The quantitative estimate of drug-likeness (QED) is 0.895. The van der Waals surface area contributed by atoms with Crippen LogP contribution in [0.15, 0.2) is 42.5 Å². The maximum atomic E-state index is 12.8. The molecule has 3 nitrogen and oxygen atoms in total. The number of amides is 1. The van der Waals surface area contributed by atoms with Gasteiger partial charge in [0, 0.05) is 5.02 Å². The van der Waals surface area contributed by atoms with Gasteiger partial charge in [0.05, 0.1) is 10.7 Å². The van der Waals surface area contributed by atoms with Crippen LogP contribution in [0.5, 0.6) is 5.75 Å². The van der Waals surface area contributed by atoms with Gasteiger partial charge in [-0.05, 0) is 49.4 Å². The first-order valence-electron chi connectivity index (χ1n) is 6.14. The molecule has 0 spiro atoms. The van der Waals surface area contributed by atoms with Gasteiger partial charge in [0.15, 0.2) is 6.10 Å². The summed E-state index contributed by atoms with van der Waals surface area (Å²) in [7, 11) is 0. The second kappa shape index (κ2) is 6.78. The minimum Gasteiger partial charge on any atom is -0.481 e. The number of carbonyl (C=O) groups excluding carboxylic acids is 1. The summed E-state index contributed by atoms with van der Waals surface area (Å²) in [4.78, 5) is 12.0. The zero-order valence-corrected chi connectivity index (χ0v) is 12.6. The van der Waals surface area contributed by atoms with E-state index in [1.54, 1.807) is 19.1 Å². The van der Waals surface area contributed by atoms with Crippen molar-refractivity contribution in [3.8, 4) is 5.75 Å². The van der Waals surface area contributed by atoms with Gasteiger partial charge in [-0.1, -0.05) is 23.2 Å². The predicted octanol–water partition coefficient (Wildman–Crippen LogP) is 4.54. The third kappa shape index (κ3) is 4.34. The Balaban J connectivity index is 2.00. The van der Waals surface area contributed by atoms with Crippen molar-refractivity contribution in [1.82, 2.24) is 0 Å². The fraction of sp³-hybridized carbons (Fsp3) is 0.133. The van der Waals surface area contributed by atoms with Crippen molar-refractivity contribution in [2.45, 2.75) is 13.0 Å². The van der Waals surface area contributed by atoms with Gasteiger partial charge in [-0.25, -0.2) is 4.39 Å². The molecule has 0 saturated carbocycles. The highest BCUT2D eigenvalue weighted by Crippen LogP contribution is 2.25. The molecule has 0 saturated heterocycles. The van der Waals surface area contributed by atoms with Gasteiger partial charge in [-0.15, -0.1) is 0 Å². The van der Waals surface area contributed by atoms with Gasteiger partial charge >= 0.3 is 0 Å². The summed E-state index contributed by atoms with van der Waals surface area (Å²) in [6, 6.07) is 10.2. The Kier molecular flexibility index (Phi) is 5.04. The third-order valence-electron chi connectivity index (χ3n) is 2.68. The van der Waals surface area contributed by atoms with Crippen molar-refractivity contribution in [2.24, 2.45) is 0 Å². The SMILES string of the molecule is CC(Oc1ccc(F)cc1)C(=O)Nc1ccc(Cl)cc1Cl. The number of nitrogens with one attached hydrogen (secondary N) is 1.